The standard InChI is InChI=1S/C17H25N3O3/c1-18-7-3-4-13(15(18)22)11-20-8-5-17(6-9-20)10-14(21)12-19(2)16(17)23/h3-4,7,14,21H,5-6,8-12H2,1-2H3. The van der Waals surface area contributed by atoms with E-state index in [4.69, 9.17) is 0 Å². The Morgan fingerprint density at radius 2 is 1.96 bits per heavy atom. The van der Waals surface area contributed by atoms with Crippen LogP contribution in [-0.2, 0) is 18.4 Å². The Kier molecular flexibility index (Phi) is 4.29. The van der Waals surface area contributed by atoms with Crippen molar-refractivity contribution in [1.29, 1.82) is 0 Å². The van der Waals surface area contributed by atoms with E-state index in [0.717, 1.165) is 31.5 Å². The molecule has 0 bridgehead atoms. The van der Waals surface area contributed by atoms with Gasteiger partial charge >= 0.3 is 0 Å². The minimum Gasteiger partial charge on any atom is -0.391 e. The maximum atomic E-state index is 12.6. The molecule has 23 heavy (non-hydrogen) atoms. The lowest BCUT2D eigenvalue weighted by molar-refractivity contribution is -0.154. The molecule has 0 aromatic carbocycles. The summed E-state index contributed by atoms with van der Waals surface area (Å²) in [5.41, 5.74) is 0.416. The van der Waals surface area contributed by atoms with Crippen molar-refractivity contribution in [1.82, 2.24) is 14.4 Å². The summed E-state index contributed by atoms with van der Waals surface area (Å²) in [5, 5.41) is 10.0. The highest BCUT2D eigenvalue weighted by molar-refractivity contribution is 5.83. The number of hydrogen-bond acceptors (Lipinski definition) is 4. The smallest absolute Gasteiger partial charge is 0.254 e. The average molecular weight is 319 g/mol. The zero-order chi connectivity index (χ0) is 16.6. The lowest BCUT2D eigenvalue weighted by Gasteiger charge is -2.47. The molecule has 6 heteroatoms. The van der Waals surface area contributed by atoms with E-state index < -0.39 is 11.5 Å². The van der Waals surface area contributed by atoms with Crippen molar-refractivity contribution < 1.29 is 9.90 Å². The predicted molar refractivity (Wildman–Crippen MR) is 86.9 cm³/mol. The number of pyridine rings is 1. The van der Waals surface area contributed by atoms with Crippen LogP contribution >= 0.6 is 0 Å². The molecule has 0 aliphatic carbocycles. The van der Waals surface area contributed by atoms with Crippen LogP contribution in [0.15, 0.2) is 23.1 Å². The number of nitrogens with zero attached hydrogens (tertiary/aromatic N) is 3. The number of aliphatic hydroxyl groups excluding tert-OH is 1. The number of rotatable bonds is 2. The molecule has 6 nitrogen and oxygen atoms in total. The van der Waals surface area contributed by atoms with Gasteiger partial charge < -0.3 is 14.6 Å². The van der Waals surface area contributed by atoms with E-state index in [9.17, 15) is 14.7 Å². The van der Waals surface area contributed by atoms with Gasteiger partial charge in [0.05, 0.1) is 11.5 Å². The fourth-order valence-electron chi connectivity index (χ4n) is 3.98. The number of carbonyl (C=O) groups is 1. The van der Waals surface area contributed by atoms with Gasteiger partial charge in [-0.3, -0.25) is 14.5 Å². The minimum absolute atomic E-state index is 0.0386. The largest absolute Gasteiger partial charge is 0.391 e. The van der Waals surface area contributed by atoms with Crippen LogP contribution in [0.4, 0.5) is 0 Å². The van der Waals surface area contributed by atoms with Gasteiger partial charge in [0.15, 0.2) is 0 Å². The molecule has 3 rings (SSSR count). The van der Waals surface area contributed by atoms with Gasteiger partial charge in [-0.25, -0.2) is 0 Å². The Balaban J connectivity index is 1.67. The van der Waals surface area contributed by atoms with E-state index in [1.807, 2.05) is 12.1 Å². The molecule has 0 radical (unpaired) electrons. The molecule has 2 aliphatic heterocycles. The van der Waals surface area contributed by atoms with E-state index in [0.29, 0.717) is 19.5 Å². The molecule has 3 heterocycles. The van der Waals surface area contributed by atoms with E-state index in [1.54, 1.807) is 29.8 Å². The van der Waals surface area contributed by atoms with Gasteiger partial charge in [-0.1, -0.05) is 6.07 Å². The number of piperidine rings is 2. The van der Waals surface area contributed by atoms with Crippen molar-refractivity contribution in [2.45, 2.75) is 31.9 Å². The zero-order valence-electron chi connectivity index (χ0n) is 13.9. The Morgan fingerprint density at radius 3 is 2.65 bits per heavy atom. The lowest BCUT2D eigenvalue weighted by Crippen LogP contribution is -2.56. The maximum Gasteiger partial charge on any atom is 0.254 e. The molecule has 1 N–H and O–H groups in total. The van der Waals surface area contributed by atoms with Crippen molar-refractivity contribution in [2.24, 2.45) is 12.5 Å². The molecular weight excluding hydrogens is 294 g/mol. The van der Waals surface area contributed by atoms with Crippen molar-refractivity contribution in [3.63, 3.8) is 0 Å². The van der Waals surface area contributed by atoms with Gasteiger partial charge in [0.1, 0.15) is 0 Å². The molecule has 2 saturated heterocycles. The van der Waals surface area contributed by atoms with Gasteiger partial charge in [0.25, 0.3) is 5.56 Å². The Bertz CT molecular complexity index is 647. The Labute approximate surface area is 136 Å². The molecule has 1 aromatic rings. The van der Waals surface area contributed by atoms with Crippen LogP contribution in [0.25, 0.3) is 0 Å². The quantitative estimate of drug-likeness (QED) is 0.845. The first-order chi connectivity index (χ1) is 10.9. The number of likely N-dealkylation sites (N-methyl/N-ethyl adjacent to an activating group) is 1. The number of aryl methyl sites for hydroxylation is 1. The molecule has 1 atom stereocenters. The lowest BCUT2D eigenvalue weighted by atomic mass is 9.71. The summed E-state index contributed by atoms with van der Waals surface area (Å²) >= 11 is 0. The van der Waals surface area contributed by atoms with Crippen LogP contribution < -0.4 is 5.56 Å². The highest BCUT2D eigenvalue weighted by atomic mass is 16.3. The van der Waals surface area contributed by atoms with Crippen molar-refractivity contribution >= 4 is 5.91 Å². The molecule has 1 aromatic heterocycles. The molecule has 2 aliphatic rings. The maximum absolute atomic E-state index is 12.6. The van der Waals surface area contributed by atoms with Crippen molar-refractivity contribution in [3.05, 3.63) is 34.2 Å². The summed E-state index contributed by atoms with van der Waals surface area (Å²) < 4.78 is 1.59. The van der Waals surface area contributed by atoms with E-state index in [-0.39, 0.29) is 11.5 Å². The number of carbonyl (C=O) groups excluding carboxylic acids is 1. The molecule has 1 unspecified atom stereocenters. The van der Waals surface area contributed by atoms with E-state index >= 15 is 0 Å². The van der Waals surface area contributed by atoms with Crippen LogP contribution in [0.2, 0.25) is 0 Å². The van der Waals surface area contributed by atoms with Crippen molar-refractivity contribution in [3.8, 4) is 0 Å². The normalized spacial score (nSPS) is 25.1. The number of β-amino-alcohol motifs (C(OH)–C–C–N with tert-alkyl or cyclic N) is 1. The zero-order valence-corrected chi connectivity index (χ0v) is 13.9. The minimum atomic E-state index is -0.425. The first-order valence-corrected chi connectivity index (χ1v) is 8.22. The molecule has 1 amide bonds. The number of amides is 1. The van der Waals surface area contributed by atoms with Crippen LogP contribution in [0, 0.1) is 5.41 Å². The number of aliphatic hydroxyl groups is 1. The van der Waals surface area contributed by atoms with E-state index in [1.165, 1.54) is 0 Å². The van der Waals surface area contributed by atoms with Crippen LogP contribution in [-0.4, -0.2) is 58.2 Å². The number of likely N-dealkylation sites (tertiary alicyclic amines) is 2. The fourth-order valence-corrected chi connectivity index (χ4v) is 3.98. The highest BCUT2D eigenvalue weighted by Crippen LogP contribution is 2.40. The third kappa shape index (κ3) is 3.05. The van der Waals surface area contributed by atoms with Gasteiger partial charge in [-0.2, -0.15) is 0 Å². The van der Waals surface area contributed by atoms with Gasteiger partial charge in [-0.15, -0.1) is 0 Å². The summed E-state index contributed by atoms with van der Waals surface area (Å²) in [6.07, 6.45) is 3.40. The predicted octanol–water partition coefficient (Wildman–Crippen LogP) is 0.190. The van der Waals surface area contributed by atoms with Crippen LogP contribution in [0.3, 0.4) is 0 Å². The monoisotopic (exact) mass is 319 g/mol. The number of aromatic nitrogens is 1. The molecule has 1 spiro atoms. The van der Waals surface area contributed by atoms with Crippen LogP contribution in [0.1, 0.15) is 24.8 Å². The second-order valence-corrected chi connectivity index (χ2v) is 7.05. The second-order valence-electron chi connectivity index (χ2n) is 7.05. The summed E-state index contributed by atoms with van der Waals surface area (Å²) in [4.78, 5) is 28.6. The summed E-state index contributed by atoms with van der Waals surface area (Å²) in [6.45, 7) is 2.62. The van der Waals surface area contributed by atoms with Gasteiger partial charge in [-0.05, 0) is 38.4 Å². The molecular formula is C17H25N3O3. The fraction of sp³-hybridized carbons (Fsp3) is 0.647. The van der Waals surface area contributed by atoms with Crippen LogP contribution in [0.5, 0.6) is 0 Å². The van der Waals surface area contributed by atoms with Gasteiger partial charge in [0.2, 0.25) is 5.91 Å². The van der Waals surface area contributed by atoms with Gasteiger partial charge in [0, 0.05) is 38.9 Å². The van der Waals surface area contributed by atoms with E-state index in [2.05, 4.69) is 4.90 Å². The number of hydrogen-bond donors (Lipinski definition) is 1. The molecule has 2 fully saturated rings. The molecule has 0 saturated carbocycles. The second kappa shape index (κ2) is 6.09. The topological polar surface area (TPSA) is 65.8 Å². The summed E-state index contributed by atoms with van der Waals surface area (Å²) in [7, 11) is 3.53. The third-order valence-corrected chi connectivity index (χ3v) is 5.32. The average Bonchev–Trinajstić information content (AvgIpc) is 2.51. The molecule has 126 valence electrons. The Hall–Kier alpha value is -1.66. The first-order valence-electron chi connectivity index (χ1n) is 8.22. The van der Waals surface area contributed by atoms with Crippen molar-refractivity contribution in [2.75, 3.05) is 26.7 Å². The summed E-state index contributed by atoms with van der Waals surface area (Å²) in [6, 6.07) is 3.76. The highest BCUT2D eigenvalue weighted by Gasteiger charge is 2.47. The Morgan fingerprint density at radius 1 is 1.26 bits per heavy atom. The summed E-state index contributed by atoms with van der Waals surface area (Å²) in [5.74, 6) is 0.165. The SMILES string of the molecule is CN1CC(O)CC2(CCN(Cc3cccn(C)c3=O)CC2)C1=O. The first kappa shape index (κ1) is 16.2. The third-order valence-electron chi connectivity index (χ3n) is 5.32.